The molecule has 0 spiro atoms. The average molecular weight is 272 g/mol. The second-order valence-electron chi connectivity index (χ2n) is 6.87. The Balaban J connectivity index is 1.98. The minimum atomic E-state index is 0.206. The molecule has 2 N–H and O–H groups in total. The first-order valence-electron chi connectivity index (χ1n) is 8.31. The van der Waals surface area contributed by atoms with Gasteiger partial charge in [0.1, 0.15) is 0 Å². The first-order valence-corrected chi connectivity index (χ1v) is 8.31. The molecule has 20 heavy (non-hydrogen) atoms. The van der Waals surface area contributed by atoms with Crippen LogP contribution in [0.1, 0.15) is 51.0 Å². The van der Waals surface area contributed by atoms with Gasteiger partial charge >= 0.3 is 0 Å². The van der Waals surface area contributed by atoms with E-state index in [1.807, 2.05) is 0 Å². The number of hydrogen-bond donors (Lipinski definition) is 1. The smallest absolute Gasteiger partial charge is 0.0526 e. The first-order chi connectivity index (χ1) is 9.75. The van der Waals surface area contributed by atoms with Gasteiger partial charge in [0, 0.05) is 18.8 Å². The van der Waals surface area contributed by atoms with Crippen LogP contribution in [0.5, 0.6) is 0 Å². The summed E-state index contributed by atoms with van der Waals surface area (Å²) >= 11 is 0. The van der Waals surface area contributed by atoms with Gasteiger partial charge in [-0.2, -0.15) is 0 Å². The first kappa shape index (κ1) is 13.9. The second kappa shape index (κ2) is 5.77. The quantitative estimate of drug-likeness (QED) is 0.888. The molecule has 1 heterocycles. The van der Waals surface area contributed by atoms with Crippen molar-refractivity contribution in [3.8, 4) is 0 Å². The highest BCUT2D eigenvalue weighted by atomic mass is 15.2. The molecule has 1 aliphatic carbocycles. The molecule has 0 aromatic heterocycles. The van der Waals surface area contributed by atoms with Crippen LogP contribution in [-0.4, -0.2) is 18.6 Å². The Morgan fingerprint density at radius 3 is 2.90 bits per heavy atom. The van der Waals surface area contributed by atoms with E-state index < -0.39 is 0 Å². The highest BCUT2D eigenvalue weighted by Crippen LogP contribution is 2.41. The fourth-order valence-electron chi connectivity index (χ4n) is 4.36. The zero-order valence-corrected chi connectivity index (χ0v) is 12.8. The number of aryl methyl sites for hydroxylation is 1. The van der Waals surface area contributed by atoms with Gasteiger partial charge in [-0.3, -0.25) is 0 Å². The van der Waals surface area contributed by atoms with E-state index in [9.17, 15) is 0 Å². The highest BCUT2D eigenvalue weighted by molar-refractivity contribution is 5.57. The van der Waals surface area contributed by atoms with E-state index >= 15 is 0 Å². The molecule has 0 bridgehead atoms. The van der Waals surface area contributed by atoms with Crippen LogP contribution in [0.2, 0.25) is 0 Å². The van der Waals surface area contributed by atoms with E-state index in [1.165, 1.54) is 62.7 Å². The van der Waals surface area contributed by atoms with E-state index in [0.717, 1.165) is 12.5 Å². The van der Waals surface area contributed by atoms with Crippen molar-refractivity contribution >= 4 is 5.69 Å². The Morgan fingerprint density at radius 1 is 1.25 bits per heavy atom. The third-order valence-corrected chi connectivity index (χ3v) is 5.38. The van der Waals surface area contributed by atoms with Crippen molar-refractivity contribution < 1.29 is 0 Å². The van der Waals surface area contributed by atoms with Crippen LogP contribution < -0.4 is 10.6 Å². The van der Waals surface area contributed by atoms with Gasteiger partial charge in [-0.1, -0.05) is 38.0 Å². The number of rotatable bonds is 2. The molecular formula is C18H28N2. The Bertz CT molecular complexity index is 456. The third kappa shape index (κ3) is 2.46. The number of hydrogen-bond acceptors (Lipinski definition) is 2. The Hall–Kier alpha value is -1.02. The molecule has 1 aliphatic heterocycles. The topological polar surface area (TPSA) is 29.3 Å². The summed E-state index contributed by atoms with van der Waals surface area (Å²) in [5, 5.41) is 0. The molecule has 0 saturated heterocycles. The van der Waals surface area contributed by atoms with Gasteiger partial charge in [0.2, 0.25) is 0 Å². The SMILES string of the molecule is CC1CCCC(CN)(N2CCCCc3ccccc32)C1. The number of nitrogens with two attached hydrogens (primary N) is 1. The van der Waals surface area contributed by atoms with Crippen molar-refractivity contribution in [1.82, 2.24) is 0 Å². The van der Waals surface area contributed by atoms with Crippen molar-refractivity contribution in [2.45, 2.75) is 57.4 Å². The number of anilines is 1. The van der Waals surface area contributed by atoms with Crippen LogP contribution in [0.15, 0.2) is 24.3 Å². The second-order valence-corrected chi connectivity index (χ2v) is 6.87. The molecule has 1 fully saturated rings. The molecule has 2 nitrogen and oxygen atoms in total. The minimum Gasteiger partial charge on any atom is -0.364 e. The van der Waals surface area contributed by atoms with Crippen LogP contribution in [0, 0.1) is 5.92 Å². The summed E-state index contributed by atoms with van der Waals surface area (Å²) in [5.41, 5.74) is 9.49. The van der Waals surface area contributed by atoms with E-state index in [-0.39, 0.29) is 5.54 Å². The lowest BCUT2D eigenvalue weighted by Crippen LogP contribution is -2.57. The summed E-state index contributed by atoms with van der Waals surface area (Å²) < 4.78 is 0. The van der Waals surface area contributed by atoms with Crippen LogP contribution in [0.25, 0.3) is 0 Å². The van der Waals surface area contributed by atoms with Gasteiger partial charge in [-0.05, 0) is 49.7 Å². The zero-order valence-electron chi connectivity index (χ0n) is 12.8. The highest BCUT2D eigenvalue weighted by Gasteiger charge is 2.40. The molecule has 0 radical (unpaired) electrons. The molecule has 1 aromatic rings. The van der Waals surface area contributed by atoms with Crippen molar-refractivity contribution in [2.24, 2.45) is 11.7 Å². The lowest BCUT2D eigenvalue weighted by atomic mass is 9.75. The molecule has 2 unspecified atom stereocenters. The molecule has 3 rings (SSSR count). The normalized spacial score (nSPS) is 30.7. The monoisotopic (exact) mass is 272 g/mol. The third-order valence-electron chi connectivity index (χ3n) is 5.38. The molecule has 1 aromatic carbocycles. The fraction of sp³-hybridized carbons (Fsp3) is 0.667. The molecule has 110 valence electrons. The fourth-order valence-corrected chi connectivity index (χ4v) is 4.36. The van der Waals surface area contributed by atoms with Crippen molar-refractivity contribution in [3.05, 3.63) is 29.8 Å². The van der Waals surface area contributed by atoms with Gasteiger partial charge in [0.15, 0.2) is 0 Å². The van der Waals surface area contributed by atoms with Crippen molar-refractivity contribution in [1.29, 1.82) is 0 Å². The lowest BCUT2D eigenvalue weighted by molar-refractivity contribution is 0.227. The van der Waals surface area contributed by atoms with Gasteiger partial charge in [-0.15, -0.1) is 0 Å². The molecular weight excluding hydrogens is 244 g/mol. The van der Waals surface area contributed by atoms with Crippen LogP contribution in [0.3, 0.4) is 0 Å². The van der Waals surface area contributed by atoms with Crippen molar-refractivity contribution in [2.75, 3.05) is 18.0 Å². The van der Waals surface area contributed by atoms with Crippen LogP contribution in [-0.2, 0) is 6.42 Å². The minimum absolute atomic E-state index is 0.206. The molecule has 1 saturated carbocycles. The summed E-state index contributed by atoms with van der Waals surface area (Å²) in [6.45, 7) is 4.37. The Morgan fingerprint density at radius 2 is 2.10 bits per heavy atom. The predicted octanol–water partition coefficient (Wildman–Crippen LogP) is 3.74. The maximum absolute atomic E-state index is 6.30. The molecule has 2 atom stereocenters. The molecule has 2 heteroatoms. The van der Waals surface area contributed by atoms with Gasteiger partial charge in [-0.25, -0.2) is 0 Å². The van der Waals surface area contributed by atoms with Gasteiger partial charge in [0.05, 0.1) is 5.54 Å². The average Bonchev–Trinajstić information content (AvgIpc) is 2.70. The maximum Gasteiger partial charge on any atom is 0.0526 e. The number of fused-ring (bicyclic) bond motifs is 1. The largest absolute Gasteiger partial charge is 0.364 e. The van der Waals surface area contributed by atoms with E-state index in [2.05, 4.69) is 36.1 Å². The van der Waals surface area contributed by atoms with Gasteiger partial charge in [0.25, 0.3) is 0 Å². The summed E-state index contributed by atoms with van der Waals surface area (Å²) in [4.78, 5) is 2.69. The van der Waals surface area contributed by atoms with E-state index in [4.69, 9.17) is 5.73 Å². The Labute approximate surface area is 123 Å². The standard InChI is InChI=1S/C18H28N2/c1-15-7-6-11-18(13-15,14-19)20-12-5-4-9-16-8-2-3-10-17(16)20/h2-3,8,10,15H,4-7,9,11-14,19H2,1H3. The van der Waals surface area contributed by atoms with Crippen molar-refractivity contribution in [3.63, 3.8) is 0 Å². The summed E-state index contributed by atoms with van der Waals surface area (Å²) in [7, 11) is 0. The summed E-state index contributed by atoms with van der Waals surface area (Å²) in [5.74, 6) is 0.808. The number of para-hydroxylation sites is 1. The summed E-state index contributed by atoms with van der Waals surface area (Å²) in [6.07, 6.45) is 9.06. The Kier molecular flexibility index (Phi) is 4.02. The molecule has 0 amide bonds. The van der Waals surface area contributed by atoms with Crippen LogP contribution in [0.4, 0.5) is 5.69 Å². The summed E-state index contributed by atoms with van der Waals surface area (Å²) in [6, 6.07) is 9.00. The number of nitrogens with zero attached hydrogens (tertiary/aromatic N) is 1. The van der Waals surface area contributed by atoms with E-state index in [0.29, 0.717) is 0 Å². The predicted molar refractivity (Wildman–Crippen MR) is 86.1 cm³/mol. The van der Waals surface area contributed by atoms with E-state index in [1.54, 1.807) is 0 Å². The van der Waals surface area contributed by atoms with Gasteiger partial charge < -0.3 is 10.6 Å². The lowest BCUT2D eigenvalue weighted by Gasteiger charge is -2.49. The maximum atomic E-state index is 6.30. The zero-order chi connectivity index (χ0) is 14.0. The number of benzene rings is 1. The molecule has 2 aliphatic rings. The van der Waals surface area contributed by atoms with Crippen LogP contribution >= 0.6 is 0 Å².